The lowest BCUT2D eigenvalue weighted by Crippen LogP contribution is -2.13. The van der Waals surface area contributed by atoms with Gasteiger partial charge in [-0.1, -0.05) is 0 Å². The number of hydrogen-bond donors (Lipinski definition) is 1. The lowest BCUT2D eigenvalue weighted by atomic mass is 10.1. The molecule has 86 valence electrons. The Bertz CT molecular complexity index is 358. The van der Waals surface area contributed by atoms with Crippen LogP contribution in [0.5, 0.6) is 5.88 Å². The van der Waals surface area contributed by atoms with Gasteiger partial charge in [-0.3, -0.25) is 4.79 Å². The average Bonchev–Trinajstić information content (AvgIpc) is 2.80. The predicted molar refractivity (Wildman–Crippen MR) is 57.2 cm³/mol. The molecule has 0 saturated carbocycles. The molecule has 1 saturated heterocycles. The molecule has 2 N–H and O–H groups in total. The maximum atomic E-state index is 10.8. The molecule has 1 aliphatic rings. The topological polar surface area (TPSA) is 74.4 Å². The van der Waals surface area contributed by atoms with Crippen LogP contribution in [0.3, 0.4) is 0 Å². The summed E-state index contributed by atoms with van der Waals surface area (Å²) in [7, 11) is 0. The standard InChI is InChI=1S/C11H14N2O3/c12-11(14)9-1-2-10(13-5-9)16-7-8-3-4-15-6-8/h1-2,5,8H,3-4,6-7H2,(H2,12,14). The zero-order chi connectivity index (χ0) is 11.4. The highest BCUT2D eigenvalue weighted by molar-refractivity contribution is 5.92. The summed E-state index contributed by atoms with van der Waals surface area (Å²) in [4.78, 5) is 14.8. The van der Waals surface area contributed by atoms with Crippen LogP contribution in [0.1, 0.15) is 16.8 Å². The van der Waals surface area contributed by atoms with Gasteiger partial charge in [0.2, 0.25) is 11.8 Å². The summed E-state index contributed by atoms with van der Waals surface area (Å²) in [5, 5.41) is 0. The summed E-state index contributed by atoms with van der Waals surface area (Å²) in [6, 6.07) is 3.26. The molecule has 1 aromatic heterocycles. The number of carbonyl (C=O) groups excluding carboxylic acids is 1. The second-order valence-corrected chi connectivity index (χ2v) is 3.79. The highest BCUT2D eigenvalue weighted by atomic mass is 16.5. The summed E-state index contributed by atoms with van der Waals surface area (Å²) < 4.78 is 10.7. The van der Waals surface area contributed by atoms with E-state index in [0.29, 0.717) is 24.0 Å². The molecule has 1 aromatic rings. The van der Waals surface area contributed by atoms with Crippen molar-refractivity contribution < 1.29 is 14.3 Å². The van der Waals surface area contributed by atoms with Crippen molar-refractivity contribution in [2.45, 2.75) is 6.42 Å². The molecule has 2 heterocycles. The van der Waals surface area contributed by atoms with Gasteiger partial charge >= 0.3 is 0 Å². The summed E-state index contributed by atoms with van der Waals surface area (Å²) >= 11 is 0. The van der Waals surface area contributed by atoms with Crippen molar-refractivity contribution in [3.63, 3.8) is 0 Å². The highest BCUT2D eigenvalue weighted by Gasteiger charge is 2.16. The molecule has 1 unspecified atom stereocenters. The second-order valence-electron chi connectivity index (χ2n) is 3.79. The molecule has 1 amide bonds. The molecule has 0 bridgehead atoms. The van der Waals surface area contributed by atoms with Crippen LogP contribution in [-0.4, -0.2) is 30.7 Å². The van der Waals surface area contributed by atoms with Crippen LogP contribution in [0.4, 0.5) is 0 Å². The van der Waals surface area contributed by atoms with Gasteiger partial charge < -0.3 is 15.2 Å². The van der Waals surface area contributed by atoms with Crippen LogP contribution in [0.15, 0.2) is 18.3 Å². The largest absolute Gasteiger partial charge is 0.477 e. The van der Waals surface area contributed by atoms with E-state index in [1.807, 2.05) is 0 Å². The van der Waals surface area contributed by atoms with Gasteiger partial charge in [0, 0.05) is 24.8 Å². The minimum atomic E-state index is -0.483. The molecule has 2 rings (SSSR count). The van der Waals surface area contributed by atoms with E-state index in [1.54, 1.807) is 12.1 Å². The first kappa shape index (κ1) is 10.9. The first-order valence-corrected chi connectivity index (χ1v) is 5.22. The number of ether oxygens (including phenoxy) is 2. The predicted octanol–water partition coefficient (Wildman–Crippen LogP) is 0.596. The number of pyridine rings is 1. The van der Waals surface area contributed by atoms with Gasteiger partial charge in [0.1, 0.15) is 0 Å². The minimum absolute atomic E-state index is 0.386. The SMILES string of the molecule is NC(=O)c1ccc(OCC2CCOC2)nc1. The van der Waals surface area contributed by atoms with Crippen LogP contribution in [0, 0.1) is 5.92 Å². The molecular formula is C11H14N2O3. The first-order chi connectivity index (χ1) is 7.75. The van der Waals surface area contributed by atoms with Crippen LogP contribution in [0.25, 0.3) is 0 Å². The van der Waals surface area contributed by atoms with E-state index in [1.165, 1.54) is 6.20 Å². The molecule has 1 fully saturated rings. The zero-order valence-corrected chi connectivity index (χ0v) is 8.89. The number of nitrogens with zero attached hydrogens (tertiary/aromatic N) is 1. The van der Waals surface area contributed by atoms with E-state index >= 15 is 0 Å². The van der Waals surface area contributed by atoms with Gasteiger partial charge in [-0.2, -0.15) is 0 Å². The first-order valence-electron chi connectivity index (χ1n) is 5.22. The third kappa shape index (κ3) is 2.70. The van der Waals surface area contributed by atoms with Gasteiger partial charge in [-0.25, -0.2) is 4.98 Å². The van der Waals surface area contributed by atoms with Gasteiger partial charge in [-0.15, -0.1) is 0 Å². The summed E-state index contributed by atoms with van der Waals surface area (Å²) in [6.07, 6.45) is 2.45. The molecule has 0 aliphatic carbocycles. The lowest BCUT2D eigenvalue weighted by Gasteiger charge is -2.09. The number of rotatable bonds is 4. The van der Waals surface area contributed by atoms with E-state index in [-0.39, 0.29) is 0 Å². The highest BCUT2D eigenvalue weighted by Crippen LogP contribution is 2.14. The van der Waals surface area contributed by atoms with Crippen molar-refractivity contribution in [1.29, 1.82) is 0 Å². The van der Waals surface area contributed by atoms with E-state index in [9.17, 15) is 4.79 Å². The molecule has 1 atom stereocenters. The Balaban J connectivity index is 1.87. The fourth-order valence-corrected chi connectivity index (χ4v) is 1.53. The van der Waals surface area contributed by atoms with Gasteiger partial charge in [0.15, 0.2) is 0 Å². The zero-order valence-electron chi connectivity index (χ0n) is 8.89. The Morgan fingerprint density at radius 1 is 1.62 bits per heavy atom. The average molecular weight is 222 g/mol. The Morgan fingerprint density at radius 2 is 2.50 bits per heavy atom. The third-order valence-electron chi connectivity index (χ3n) is 2.51. The van der Waals surface area contributed by atoms with Crippen molar-refractivity contribution in [3.8, 4) is 5.88 Å². The molecule has 5 heteroatoms. The molecule has 1 aliphatic heterocycles. The Labute approximate surface area is 93.6 Å². The second kappa shape index (κ2) is 4.94. The number of primary amides is 1. The molecule has 16 heavy (non-hydrogen) atoms. The van der Waals surface area contributed by atoms with Gasteiger partial charge in [-0.05, 0) is 12.5 Å². The minimum Gasteiger partial charge on any atom is -0.477 e. The molecule has 5 nitrogen and oxygen atoms in total. The Morgan fingerprint density at radius 3 is 3.06 bits per heavy atom. The van der Waals surface area contributed by atoms with Crippen molar-refractivity contribution in [1.82, 2.24) is 4.98 Å². The summed E-state index contributed by atoms with van der Waals surface area (Å²) in [5.74, 6) is 0.470. The third-order valence-corrected chi connectivity index (χ3v) is 2.51. The quantitative estimate of drug-likeness (QED) is 0.809. The van der Waals surface area contributed by atoms with Crippen LogP contribution in [-0.2, 0) is 4.74 Å². The van der Waals surface area contributed by atoms with Crippen LogP contribution in [0.2, 0.25) is 0 Å². The molecule has 0 aromatic carbocycles. The van der Waals surface area contributed by atoms with E-state index in [4.69, 9.17) is 15.2 Å². The molecule has 0 spiro atoms. The number of carbonyl (C=O) groups is 1. The van der Waals surface area contributed by atoms with E-state index < -0.39 is 5.91 Å². The van der Waals surface area contributed by atoms with Crippen LogP contribution < -0.4 is 10.5 Å². The number of hydrogen-bond acceptors (Lipinski definition) is 4. The summed E-state index contributed by atoms with van der Waals surface area (Å²) in [6.45, 7) is 2.16. The van der Waals surface area contributed by atoms with Crippen molar-refractivity contribution in [2.75, 3.05) is 19.8 Å². The fourth-order valence-electron chi connectivity index (χ4n) is 1.53. The Kier molecular flexibility index (Phi) is 3.36. The van der Waals surface area contributed by atoms with Crippen molar-refractivity contribution in [2.24, 2.45) is 11.7 Å². The smallest absolute Gasteiger partial charge is 0.250 e. The normalized spacial score (nSPS) is 19.6. The Hall–Kier alpha value is -1.62. The van der Waals surface area contributed by atoms with Crippen molar-refractivity contribution >= 4 is 5.91 Å². The van der Waals surface area contributed by atoms with Gasteiger partial charge in [0.25, 0.3) is 0 Å². The van der Waals surface area contributed by atoms with Gasteiger partial charge in [0.05, 0.1) is 18.8 Å². The number of aromatic nitrogens is 1. The fraction of sp³-hybridized carbons (Fsp3) is 0.455. The number of nitrogens with two attached hydrogens (primary N) is 1. The summed E-state index contributed by atoms with van der Waals surface area (Å²) in [5.41, 5.74) is 5.49. The maximum absolute atomic E-state index is 10.8. The number of amides is 1. The van der Waals surface area contributed by atoms with Crippen molar-refractivity contribution in [3.05, 3.63) is 23.9 Å². The maximum Gasteiger partial charge on any atom is 0.250 e. The van der Waals surface area contributed by atoms with E-state index in [0.717, 1.165) is 19.6 Å². The molecular weight excluding hydrogens is 208 g/mol. The lowest BCUT2D eigenvalue weighted by molar-refractivity contribution is 0.1000. The van der Waals surface area contributed by atoms with E-state index in [2.05, 4.69) is 4.98 Å². The van der Waals surface area contributed by atoms with Crippen LogP contribution >= 0.6 is 0 Å². The monoisotopic (exact) mass is 222 g/mol. The molecule has 0 radical (unpaired) electrons.